The number of nitrogens with zero attached hydrogens (tertiary/aromatic N) is 3. The molecule has 3 aromatic rings. The second-order valence-electron chi connectivity index (χ2n) is 6.89. The van der Waals surface area contributed by atoms with E-state index in [0.717, 1.165) is 59.5 Å². The zero-order valence-electron chi connectivity index (χ0n) is 16.4. The van der Waals surface area contributed by atoms with Crippen molar-refractivity contribution >= 4 is 44.4 Å². The Hall–Kier alpha value is -2.05. The van der Waals surface area contributed by atoms with E-state index >= 15 is 0 Å². The summed E-state index contributed by atoms with van der Waals surface area (Å²) in [5.74, 6) is 1.15. The van der Waals surface area contributed by atoms with Gasteiger partial charge in [0.25, 0.3) is 5.91 Å². The predicted molar refractivity (Wildman–Crippen MR) is 120 cm³/mol. The SMILES string of the molecule is CCSc1cccc(C(=O)N2CCN(c3nc4ccc(CC)cc4s3)CC2)c1. The molecule has 1 saturated heterocycles. The fourth-order valence-electron chi connectivity index (χ4n) is 3.48. The molecule has 0 bridgehead atoms. The minimum absolute atomic E-state index is 0.134. The molecule has 2 heterocycles. The maximum atomic E-state index is 12.9. The van der Waals surface area contributed by atoms with Gasteiger partial charge in [-0.15, -0.1) is 11.8 Å². The number of fused-ring (bicyclic) bond motifs is 1. The summed E-state index contributed by atoms with van der Waals surface area (Å²) in [6.07, 6.45) is 1.04. The fourth-order valence-corrected chi connectivity index (χ4v) is 5.28. The van der Waals surface area contributed by atoms with Crippen molar-refractivity contribution < 1.29 is 4.79 Å². The van der Waals surface area contributed by atoms with Crippen LogP contribution >= 0.6 is 23.1 Å². The zero-order chi connectivity index (χ0) is 19.5. The van der Waals surface area contributed by atoms with Gasteiger partial charge in [-0.2, -0.15) is 0 Å². The Labute approximate surface area is 174 Å². The van der Waals surface area contributed by atoms with Crippen LogP contribution in [0.1, 0.15) is 29.8 Å². The lowest BCUT2D eigenvalue weighted by Gasteiger charge is -2.34. The van der Waals surface area contributed by atoms with Gasteiger partial charge in [-0.05, 0) is 48.1 Å². The highest BCUT2D eigenvalue weighted by molar-refractivity contribution is 7.99. The Balaban J connectivity index is 1.43. The molecule has 2 aromatic carbocycles. The van der Waals surface area contributed by atoms with Crippen LogP contribution in [-0.4, -0.2) is 47.7 Å². The van der Waals surface area contributed by atoms with E-state index in [1.165, 1.54) is 10.3 Å². The molecule has 1 aliphatic heterocycles. The summed E-state index contributed by atoms with van der Waals surface area (Å²) < 4.78 is 1.25. The molecule has 146 valence electrons. The van der Waals surface area contributed by atoms with Gasteiger partial charge >= 0.3 is 0 Å². The molecule has 1 aliphatic rings. The monoisotopic (exact) mass is 411 g/mol. The number of hydrogen-bond donors (Lipinski definition) is 0. The van der Waals surface area contributed by atoms with Crippen LogP contribution in [0.4, 0.5) is 5.13 Å². The summed E-state index contributed by atoms with van der Waals surface area (Å²) in [4.78, 5) is 23.1. The van der Waals surface area contributed by atoms with Gasteiger partial charge in [0.2, 0.25) is 0 Å². The maximum Gasteiger partial charge on any atom is 0.254 e. The van der Waals surface area contributed by atoms with E-state index in [2.05, 4.69) is 43.0 Å². The molecule has 1 amide bonds. The first-order valence-corrected chi connectivity index (χ1v) is 11.6. The zero-order valence-corrected chi connectivity index (χ0v) is 18.0. The number of carbonyl (C=O) groups excluding carboxylic acids is 1. The van der Waals surface area contributed by atoms with Crippen molar-refractivity contribution in [3.05, 3.63) is 53.6 Å². The van der Waals surface area contributed by atoms with E-state index in [0.29, 0.717) is 0 Å². The van der Waals surface area contributed by atoms with Gasteiger partial charge < -0.3 is 9.80 Å². The van der Waals surface area contributed by atoms with Gasteiger partial charge in [-0.25, -0.2) is 4.98 Å². The van der Waals surface area contributed by atoms with Crippen molar-refractivity contribution in [2.45, 2.75) is 25.2 Å². The number of amides is 1. The first-order valence-electron chi connectivity index (χ1n) is 9.84. The minimum Gasteiger partial charge on any atom is -0.345 e. The number of thioether (sulfide) groups is 1. The quantitative estimate of drug-likeness (QED) is 0.558. The lowest BCUT2D eigenvalue weighted by molar-refractivity contribution is 0.0746. The number of rotatable bonds is 5. The summed E-state index contributed by atoms with van der Waals surface area (Å²) in [7, 11) is 0. The van der Waals surface area contributed by atoms with Crippen LogP contribution in [0.15, 0.2) is 47.4 Å². The maximum absolute atomic E-state index is 12.9. The average molecular weight is 412 g/mol. The van der Waals surface area contributed by atoms with Crippen LogP contribution in [-0.2, 0) is 6.42 Å². The molecule has 0 spiro atoms. The lowest BCUT2D eigenvalue weighted by atomic mass is 10.2. The standard InChI is InChI=1S/C22H25N3OS2/c1-3-16-8-9-19-20(14-16)28-22(23-19)25-12-10-24(11-13-25)21(26)17-6-5-7-18(15-17)27-4-2/h5-9,14-15H,3-4,10-13H2,1-2H3. The second kappa shape index (κ2) is 8.53. The molecule has 0 aliphatic carbocycles. The molecule has 28 heavy (non-hydrogen) atoms. The molecule has 4 nitrogen and oxygen atoms in total. The Morgan fingerprint density at radius 3 is 2.68 bits per heavy atom. The second-order valence-corrected chi connectivity index (χ2v) is 9.24. The van der Waals surface area contributed by atoms with Crippen molar-refractivity contribution in [1.82, 2.24) is 9.88 Å². The Morgan fingerprint density at radius 1 is 1.11 bits per heavy atom. The normalized spacial score (nSPS) is 14.6. The summed E-state index contributed by atoms with van der Waals surface area (Å²) >= 11 is 3.53. The Kier molecular flexibility index (Phi) is 5.87. The van der Waals surface area contributed by atoms with Gasteiger partial charge in [-0.1, -0.05) is 37.3 Å². The van der Waals surface area contributed by atoms with Crippen LogP contribution in [0.25, 0.3) is 10.2 Å². The highest BCUT2D eigenvalue weighted by Gasteiger charge is 2.24. The molecule has 0 radical (unpaired) electrons. The number of aryl methyl sites for hydroxylation is 1. The van der Waals surface area contributed by atoms with Gasteiger partial charge in [0, 0.05) is 36.6 Å². The number of carbonyl (C=O) groups is 1. The fraction of sp³-hybridized carbons (Fsp3) is 0.364. The van der Waals surface area contributed by atoms with E-state index in [1.54, 1.807) is 23.1 Å². The molecule has 0 atom stereocenters. The van der Waals surface area contributed by atoms with Gasteiger partial charge in [0.1, 0.15) is 0 Å². The topological polar surface area (TPSA) is 36.4 Å². The smallest absolute Gasteiger partial charge is 0.254 e. The number of aromatic nitrogens is 1. The minimum atomic E-state index is 0.134. The highest BCUT2D eigenvalue weighted by atomic mass is 32.2. The summed E-state index contributed by atoms with van der Waals surface area (Å²) in [5.41, 5.74) is 3.21. The van der Waals surface area contributed by atoms with Crippen molar-refractivity contribution in [2.24, 2.45) is 0 Å². The van der Waals surface area contributed by atoms with Gasteiger partial charge in [0.15, 0.2) is 5.13 Å². The summed E-state index contributed by atoms with van der Waals surface area (Å²) in [6.45, 7) is 7.44. The van der Waals surface area contributed by atoms with Crippen molar-refractivity contribution in [3.63, 3.8) is 0 Å². The van der Waals surface area contributed by atoms with E-state index in [4.69, 9.17) is 4.98 Å². The van der Waals surface area contributed by atoms with E-state index in [1.807, 2.05) is 23.1 Å². The van der Waals surface area contributed by atoms with Crippen LogP contribution in [0.2, 0.25) is 0 Å². The molecule has 4 rings (SSSR count). The van der Waals surface area contributed by atoms with Crippen molar-refractivity contribution in [2.75, 3.05) is 36.8 Å². The molecule has 0 N–H and O–H groups in total. The third-order valence-electron chi connectivity index (χ3n) is 5.08. The predicted octanol–water partition coefficient (Wildman–Crippen LogP) is 4.93. The van der Waals surface area contributed by atoms with E-state index in [-0.39, 0.29) is 5.91 Å². The van der Waals surface area contributed by atoms with Gasteiger partial charge in [-0.3, -0.25) is 4.79 Å². The van der Waals surface area contributed by atoms with E-state index in [9.17, 15) is 4.79 Å². The Bertz CT molecular complexity index is 977. The Morgan fingerprint density at radius 2 is 1.93 bits per heavy atom. The molecule has 0 saturated carbocycles. The third-order valence-corrected chi connectivity index (χ3v) is 7.03. The first kappa shape index (κ1) is 19.3. The lowest BCUT2D eigenvalue weighted by Crippen LogP contribution is -2.48. The molecule has 1 aromatic heterocycles. The van der Waals surface area contributed by atoms with Crippen molar-refractivity contribution in [1.29, 1.82) is 0 Å². The number of thiazole rings is 1. The van der Waals surface area contributed by atoms with Gasteiger partial charge in [0.05, 0.1) is 10.2 Å². The highest BCUT2D eigenvalue weighted by Crippen LogP contribution is 2.30. The molecule has 0 unspecified atom stereocenters. The number of benzene rings is 2. The average Bonchev–Trinajstić information content (AvgIpc) is 3.17. The summed E-state index contributed by atoms with van der Waals surface area (Å²) in [5, 5.41) is 1.07. The van der Waals surface area contributed by atoms with Crippen LogP contribution in [0.5, 0.6) is 0 Å². The molecular weight excluding hydrogens is 386 g/mol. The number of piperazine rings is 1. The molecule has 1 fully saturated rings. The largest absolute Gasteiger partial charge is 0.345 e. The first-order chi connectivity index (χ1) is 13.7. The number of anilines is 1. The number of hydrogen-bond acceptors (Lipinski definition) is 5. The summed E-state index contributed by atoms with van der Waals surface area (Å²) in [6, 6.07) is 14.5. The van der Waals surface area contributed by atoms with Crippen LogP contribution in [0.3, 0.4) is 0 Å². The van der Waals surface area contributed by atoms with Crippen molar-refractivity contribution in [3.8, 4) is 0 Å². The van der Waals surface area contributed by atoms with Crippen LogP contribution < -0.4 is 4.90 Å². The van der Waals surface area contributed by atoms with Crippen LogP contribution in [0, 0.1) is 0 Å². The third kappa shape index (κ3) is 4.03. The van der Waals surface area contributed by atoms with E-state index < -0.39 is 0 Å². The molecule has 6 heteroatoms. The molecular formula is C22H25N3OS2.